The van der Waals surface area contributed by atoms with E-state index in [1.54, 1.807) is 26.0 Å². The maximum atomic E-state index is 13.5. The summed E-state index contributed by atoms with van der Waals surface area (Å²) < 4.78 is 10.5. The molecule has 0 spiro atoms. The molecular formula is C28H21N3O9. The normalized spacial score (nSPS) is 15.2. The van der Waals surface area contributed by atoms with Crippen LogP contribution in [0, 0.1) is 0 Å². The molecule has 2 aliphatic heterocycles. The van der Waals surface area contributed by atoms with Crippen LogP contribution in [0.5, 0.6) is 0 Å². The average molecular weight is 543 g/mol. The summed E-state index contributed by atoms with van der Waals surface area (Å²) in [7, 11) is 0. The molecule has 0 bridgehead atoms. The standard InChI is InChI=1S/C28H21N3O9/c1-3-39-26(36)19-14-11-7-8-13(18-22(32)29-28(38)30-23(18)33)12-17(14)20(27(37)40-4-2)21(19)31-24(34)15-9-5-6-10-16(15)25(31)35/h5-12,18H,3-4H2,1-2H3,(H2,29,30,32,33,38). The summed E-state index contributed by atoms with van der Waals surface area (Å²) >= 11 is 0. The lowest BCUT2D eigenvalue weighted by atomic mass is 9.95. The van der Waals surface area contributed by atoms with Crippen LogP contribution in [-0.2, 0) is 19.1 Å². The summed E-state index contributed by atoms with van der Waals surface area (Å²) in [6.07, 6.45) is 0. The molecule has 1 aromatic rings. The van der Waals surface area contributed by atoms with Gasteiger partial charge in [-0.1, -0.05) is 30.3 Å². The van der Waals surface area contributed by atoms with Crippen LogP contribution >= 0.6 is 0 Å². The van der Waals surface area contributed by atoms with Gasteiger partial charge in [-0.2, -0.15) is 0 Å². The molecule has 12 nitrogen and oxygen atoms in total. The van der Waals surface area contributed by atoms with Gasteiger partial charge in [-0.15, -0.1) is 0 Å². The molecule has 0 aromatic heterocycles. The molecule has 202 valence electrons. The Balaban J connectivity index is 1.83. The van der Waals surface area contributed by atoms with E-state index in [0.29, 0.717) is 0 Å². The van der Waals surface area contributed by atoms with Gasteiger partial charge < -0.3 is 9.47 Å². The maximum Gasteiger partial charge on any atom is 0.340 e. The lowest BCUT2D eigenvalue weighted by Crippen LogP contribution is -2.54. The van der Waals surface area contributed by atoms with Gasteiger partial charge in [0.15, 0.2) is 0 Å². The Kier molecular flexibility index (Phi) is 6.59. The zero-order chi connectivity index (χ0) is 28.7. The third-order valence-corrected chi connectivity index (χ3v) is 6.47. The fraction of sp³-hybridized carbons (Fsp3) is 0.179. The molecule has 0 atom stereocenters. The minimum absolute atomic E-state index is 0.0190. The first-order valence-electron chi connectivity index (χ1n) is 12.3. The molecular weight excluding hydrogens is 522 g/mol. The van der Waals surface area contributed by atoms with E-state index < -0.39 is 47.5 Å². The van der Waals surface area contributed by atoms with E-state index in [0.717, 1.165) is 4.90 Å². The van der Waals surface area contributed by atoms with Gasteiger partial charge in [0.1, 0.15) is 5.92 Å². The number of amides is 6. The summed E-state index contributed by atoms with van der Waals surface area (Å²) in [6.45, 7) is 2.98. The van der Waals surface area contributed by atoms with Crippen LogP contribution in [0.4, 0.5) is 10.5 Å². The number of hydrogen-bond acceptors (Lipinski definition) is 9. The monoisotopic (exact) mass is 543 g/mol. The van der Waals surface area contributed by atoms with Crippen molar-refractivity contribution in [1.29, 1.82) is 0 Å². The van der Waals surface area contributed by atoms with Crippen LogP contribution < -0.4 is 15.5 Å². The smallest absolute Gasteiger partial charge is 0.340 e. The van der Waals surface area contributed by atoms with Crippen molar-refractivity contribution in [1.82, 2.24) is 10.6 Å². The third kappa shape index (κ3) is 4.06. The van der Waals surface area contributed by atoms with Crippen molar-refractivity contribution in [3.05, 3.63) is 76.3 Å². The summed E-state index contributed by atoms with van der Waals surface area (Å²) in [6, 6.07) is 10.7. The first kappa shape index (κ1) is 26.2. The maximum absolute atomic E-state index is 13.5. The number of fused-ring (bicyclic) bond motifs is 2. The van der Waals surface area contributed by atoms with Crippen molar-refractivity contribution >= 4 is 47.3 Å². The number of hydrogen-bond donors (Lipinski definition) is 2. The number of nitrogens with zero attached hydrogens (tertiary/aromatic N) is 1. The molecule has 12 heteroatoms. The van der Waals surface area contributed by atoms with Crippen molar-refractivity contribution in [3.63, 3.8) is 0 Å². The van der Waals surface area contributed by atoms with Gasteiger partial charge in [-0.05, 0) is 48.7 Å². The third-order valence-electron chi connectivity index (χ3n) is 6.47. The van der Waals surface area contributed by atoms with Crippen LogP contribution in [0.15, 0.2) is 48.5 Å². The van der Waals surface area contributed by atoms with Crippen LogP contribution in [0.3, 0.4) is 0 Å². The lowest BCUT2D eigenvalue weighted by Gasteiger charge is -2.20. The Morgan fingerprint density at radius 3 is 1.75 bits per heavy atom. The van der Waals surface area contributed by atoms with Crippen molar-refractivity contribution in [2.45, 2.75) is 19.8 Å². The van der Waals surface area contributed by atoms with Crippen molar-refractivity contribution < 1.29 is 43.0 Å². The summed E-state index contributed by atoms with van der Waals surface area (Å²) in [5.41, 5.74) is -0.538. The minimum Gasteiger partial charge on any atom is -0.462 e. The minimum atomic E-state index is -1.48. The highest BCUT2D eigenvalue weighted by Gasteiger charge is 2.45. The fourth-order valence-electron chi connectivity index (χ4n) is 4.88. The number of benzene rings is 1. The van der Waals surface area contributed by atoms with Crippen LogP contribution in [0.25, 0.3) is 11.1 Å². The van der Waals surface area contributed by atoms with Crippen LogP contribution in [0.2, 0.25) is 0 Å². The Bertz CT molecular complexity index is 1570. The molecule has 2 heterocycles. The molecule has 1 aromatic carbocycles. The van der Waals surface area contributed by atoms with E-state index in [4.69, 9.17) is 9.47 Å². The van der Waals surface area contributed by atoms with E-state index in [9.17, 15) is 33.6 Å². The number of ether oxygens (including phenoxy) is 2. The van der Waals surface area contributed by atoms with E-state index in [1.165, 1.54) is 36.4 Å². The lowest BCUT2D eigenvalue weighted by molar-refractivity contribution is -0.132. The zero-order valence-electron chi connectivity index (χ0n) is 21.2. The molecule has 0 saturated carbocycles. The first-order valence-corrected chi connectivity index (χ1v) is 12.3. The Morgan fingerprint density at radius 1 is 0.725 bits per heavy atom. The summed E-state index contributed by atoms with van der Waals surface area (Å²) in [5, 5.41) is 4.04. The molecule has 2 aliphatic carbocycles. The Hall–Kier alpha value is -5.39. The number of imide groups is 3. The van der Waals surface area contributed by atoms with Gasteiger partial charge >= 0.3 is 18.0 Å². The number of nitrogens with one attached hydrogen (secondary N) is 2. The van der Waals surface area contributed by atoms with Gasteiger partial charge in [0.25, 0.3) is 11.8 Å². The predicted octanol–water partition coefficient (Wildman–Crippen LogP) is 2.40. The first-order chi connectivity index (χ1) is 19.2. The largest absolute Gasteiger partial charge is 0.462 e. The van der Waals surface area contributed by atoms with Crippen LogP contribution in [-0.4, -0.2) is 54.8 Å². The number of urea groups is 1. The molecule has 0 radical (unpaired) electrons. The average Bonchev–Trinajstić information content (AvgIpc) is 3.23. The second-order valence-corrected chi connectivity index (χ2v) is 8.77. The predicted molar refractivity (Wildman–Crippen MR) is 137 cm³/mol. The number of carbonyl (C=O) groups is 7. The molecule has 5 rings (SSSR count). The Labute approximate surface area is 226 Å². The molecule has 4 aliphatic rings. The molecule has 0 unspecified atom stereocenters. The van der Waals surface area contributed by atoms with Gasteiger partial charge in [0, 0.05) is 0 Å². The van der Waals surface area contributed by atoms with Gasteiger partial charge in [-0.25, -0.2) is 19.3 Å². The second kappa shape index (κ2) is 10.1. The van der Waals surface area contributed by atoms with E-state index in [-0.39, 0.29) is 57.8 Å². The van der Waals surface area contributed by atoms with Crippen LogP contribution in [0.1, 0.15) is 66.8 Å². The highest BCUT2D eigenvalue weighted by atomic mass is 16.5. The van der Waals surface area contributed by atoms with Crippen molar-refractivity contribution in [3.8, 4) is 11.1 Å². The van der Waals surface area contributed by atoms with E-state index >= 15 is 0 Å². The number of rotatable bonds is 6. The topological polar surface area (TPSA) is 165 Å². The highest BCUT2D eigenvalue weighted by Crippen LogP contribution is 2.46. The number of esters is 2. The molecule has 1 saturated heterocycles. The van der Waals surface area contributed by atoms with Gasteiger partial charge in [-0.3, -0.25) is 29.8 Å². The molecule has 1 fully saturated rings. The summed E-state index contributed by atoms with van der Waals surface area (Å²) in [5.74, 6) is -6.68. The quantitative estimate of drug-likeness (QED) is 0.270. The van der Waals surface area contributed by atoms with Crippen molar-refractivity contribution in [2.75, 3.05) is 18.1 Å². The number of anilines is 1. The molecule has 2 N–H and O–H groups in total. The zero-order valence-corrected chi connectivity index (χ0v) is 21.2. The van der Waals surface area contributed by atoms with Gasteiger partial charge in [0.05, 0.1) is 41.2 Å². The number of carbonyl (C=O) groups excluding carboxylic acids is 7. The SMILES string of the molecule is CCOC(=O)c1c2cccc(C3C(=O)NC(=O)NC3=O)cc-2c(C(=O)OCC)c1N1C(=O)c2ccccc2C1=O. The van der Waals surface area contributed by atoms with Gasteiger partial charge in [0.2, 0.25) is 11.8 Å². The van der Waals surface area contributed by atoms with Crippen molar-refractivity contribution in [2.24, 2.45) is 0 Å². The molecule has 6 amide bonds. The van der Waals surface area contributed by atoms with E-state index in [2.05, 4.69) is 0 Å². The molecule has 40 heavy (non-hydrogen) atoms. The second-order valence-electron chi connectivity index (χ2n) is 8.77. The summed E-state index contributed by atoms with van der Waals surface area (Å²) in [4.78, 5) is 91.4. The number of barbiturate groups is 1. The highest BCUT2D eigenvalue weighted by molar-refractivity contribution is 6.37. The Morgan fingerprint density at radius 2 is 1.23 bits per heavy atom. The fourth-order valence-corrected chi connectivity index (χ4v) is 4.88. The van der Waals surface area contributed by atoms with E-state index in [1.807, 2.05) is 10.6 Å².